The minimum Gasteiger partial charge on any atom is -0.388 e. The van der Waals surface area contributed by atoms with Gasteiger partial charge in [-0.1, -0.05) is 119 Å². The number of aromatic nitrogens is 3. The quantitative estimate of drug-likeness (QED) is 0.0598. The minimum absolute atomic E-state index is 0.00280. The van der Waals surface area contributed by atoms with Crippen LogP contribution in [-0.4, -0.2) is 168 Å². The third-order valence-electron chi connectivity index (χ3n) is 29.5. The predicted molar refractivity (Wildman–Crippen MR) is 476 cm³/mol. The Bertz CT molecular complexity index is 5060. The van der Waals surface area contributed by atoms with Crippen LogP contribution in [0, 0.1) is 45.8 Å². The van der Waals surface area contributed by atoms with Gasteiger partial charge in [0.2, 0.25) is 35.4 Å². The number of hydrogen-bond donors (Lipinski definition) is 5. The summed E-state index contributed by atoms with van der Waals surface area (Å²) in [5.41, 5.74) is 10.7. The van der Waals surface area contributed by atoms with Crippen LogP contribution in [0.2, 0.25) is 0 Å². The lowest BCUT2D eigenvalue weighted by Crippen LogP contribution is -2.44. The van der Waals surface area contributed by atoms with Gasteiger partial charge in [-0.25, -0.2) is 0 Å². The number of Topliss-reactive ketones (excluding diaryl/α,β-unsaturated/α-hetero) is 6. The van der Waals surface area contributed by atoms with Gasteiger partial charge in [0.15, 0.2) is 34.7 Å². The molecule has 12 atom stereocenters. The molecule has 3 aromatic heterocycles. The average Bonchev–Trinajstić information content (AvgIpc) is 1.54. The van der Waals surface area contributed by atoms with E-state index < -0.39 is 18.1 Å². The normalized spacial score (nSPS) is 27.9. The molecule has 122 heavy (non-hydrogen) atoms. The molecular weight excluding hydrogens is 1540 g/mol. The molecule has 3 saturated heterocycles. The largest absolute Gasteiger partial charge is 0.388 e. The maximum atomic E-state index is 14.1. The number of rotatable bonds is 15. The highest BCUT2D eigenvalue weighted by atomic mass is 16.2. The number of carbonyl (C=O) groups excluding carboxylic acids is 12. The van der Waals surface area contributed by atoms with Crippen LogP contribution in [0.15, 0.2) is 55.0 Å². The summed E-state index contributed by atoms with van der Waals surface area (Å²) in [5, 5.41) is 19.1. The van der Waals surface area contributed by atoms with Crippen molar-refractivity contribution in [1.29, 1.82) is 0 Å². The minimum atomic E-state index is -0.454. The smallest absolute Gasteiger partial charge is 0.243 e. The second-order valence-corrected chi connectivity index (χ2v) is 39.4. The van der Waals surface area contributed by atoms with Crippen molar-refractivity contribution in [1.82, 2.24) is 44.4 Å². The Hall–Kier alpha value is -9.28. The van der Waals surface area contributed by atoms with Crippen molar-refractivity contribution in [3.8, 4) is 0 Å². The number of amides is 6. The van der Waals surface area contributed by atoms with Crippen molar-refractivity contribution in [3.05, 3.63) is 93.9 Å². The van der Waals surface area contributed by atoms with Gasteiger partial charge in [-0.05, 0) is 199 Å². The fourth-order valence-corrected chi connectivity index (χ4v) is 22.6. The van der Waals surface area contributed by atoms with Gasteiger partial charge in [-0.2, -0.15) is 0 Å². The molecule has 23 heteroatoms. The molecule has 6 aliphatic heterocycles. The number of nitrogens with zero attached hydrogens (tertiary/aromatic N) is 6. The molecule has 6 aromatic rings. The summed E-state index contributed by atoms with van der Waals surface area (Å²) in [6.45, 7) is 23.9. The highest BCUT2D eigenvalue weighted by Gasteiger charge is 2.69. The summed E-state index contributed by atoms with van der Waals surface area (Å²) in [4.78, 5) is 163. The van der Waals surface area contributed by atoms with Gasteiger partial charge in [-0.15, -0.1) is 0 Å². The van der Waals surface area contributed by atoms with Gasteiger partial charge in [0, 0.05) is 169 Å². The van der Waals surface area contributed by atoms with E-state index >= 15 is 0 Å². The van der Waals surface area contributed by atoms with Gasteiger partial charge in [0.1, 0.15) is 19.6 Å². The SMILES string of the molecule is CCC(=O)[C@@H]1C[C@]23CNC(=O)C[C@@H](C)CCCCc4cc(CC(C)C)cc5c(C(C)=O)cn(c45)CC(=O)N1[C@@H]2C3.CCC(=O)[C@@H]1C[C@]23CNC(=O)C[C@@H](C)CCCCc4cc(NC)cc5c(C(C)=O)cn(c45)CC(=O)N1[C@@H]2C3.CCC(=O)[C@@H]1C[C@]23CNC(=O)C[C@@H](C)CCCCc4cc(NCC5CCCCC5)cc5c(C(C)=O)cn(c45)CC(=O)N1[C@@H]2C3. The molecule has 0 spiro atoms. The molecule has 5 N–H and O–H groups in total. The molecule has 3 aromatic carbocycles. The van der Waals surface area contributed by atoms with Gasteiger partial charge in [0.25, 0.3) is 0 Å². The van der Waals surface area contributed by atoms with Crippen molar-refractivity contribution < 1.29 is 57.5 Å². The summed E-state index contributed by atoms with van der Waals surface area (Å²) in [5.74, 6) is 2.13. The van der Waals surface area contributed by atoms with E-state index in [0.29, 0.717) is 112 Å². The zero-order valence-electron chi connectivity index (χ0n) is 74.8. The van der Waals surface area contributed by atoms with E-state index in [4.69, 9.17) is 0 Å². The second-order valence-electron chi connectivity index (χ2n) is 39.4. The van der Waals surface area contributed by atoms with Crippen LogP contribution >= 0.6 is 0 Å². The summed E-state index contributed by atoms with van der Waals surface area (Å²) in [7, 11) is 1.87. The Morgan fingerprint density at radius 3 is 1.11 bits per heavy atom. The fourth-order valence-electron chi connectivity index (χ4n) is 22.6. The number of carbonyl (C=O) groups is 12. The van der Waals surface area contributed by atoms with Crippen molar-refractivity contribution in [2.45, 2.75) is 325 Å². The van der Waals surface area contributed by atoms with Crippen LogP contribution < -0.4 is 26.6 Å². The Balaban J connectivity index is 0.000000150. The number of hydrogen-bond acceptors (Lipinski definition) is 14. The predicted octanol–water partition coefficient (Wildman–Crippen LogP) is 15.4. The zero-order chi connectivity index (χ0) is 87.0. The molecule has 6 amide bonds. The lowest BCUT2D eigenvalue weighted by Gasteiger charge is -2.27. The number of ketones is 6. The molecular formula is C99H135N11O12. The lowest BCUT2D eigenvalue weighted by molar-refractivity contribution is -0.139. The molecule has 0 unspecified atom stereocenters. The van der Waals surface area contributed by atoms with Gasteiger partial charge < -0.3 is 55.0 Å². The Morgan fingerprint density at radius 1 is 0.434 bits per heavy atom. The number of aryl methyl sites for hydroxylation is 3. The van der Waals surface area contributed by atoms with Crippen LogP contribution in [0.25, 0.3) is 32.7 Å². The molecule has 6 bridgehead atoms. The van der Waals surface area contributed by atoms with Crippen LogP contribution in [0.3, 0.4) is 0 Å². The van der Waals surface area contributed by atoms with Gasteiger partial charge in [-0.3, -0.25) is 57.5 Å². The van der Waals surface area contributed by atoms with E-state index in [0.717, 1.165) is 164 Å². The van der Waals surface area contributed by atoms with E-state index in [-0.39, 0.29) is 136 Å². The third-order valence-corrected chi connectivity index (χ3v) is 29.5. The molecule has 16 rings (SSSR count). The van der Waals surface area contributed by atoms with Crippen LogP contribution in [0.4, 0.5) is 11.4 Å². The zero-order valence-corrected chi connectivity index (χ0v) is 74.8. The first-order valence-electron chi connectivity index (χ1n) is 46.6. The number of benzene rings is 3. The maximum absolute atomic E-state index is 14.1. The van der Waals surface area contributed by atoms with Crippen LogP contribution in [-0.2, 0) is 88.5 Å². The molecule has 10 aliphatic rings. The first kappa shape index (κ1) is 89.0. The summed E-state index contributed by atoms with van der Waals surface area (Å²) in [6.07, 6.45) is 31.1. The molecule has 9 heterocycles. The number of anilines is 2. The maximum Gasteiger partial charge on any atom is 0.243 e. The summed E-state index contributed by atoms with van der Waals surface area (Å²) < 4.78 is 5.88. The van der Waals surface area contributed by atoms with E-state index in [9.17, 15) is 57.5 Å². The van der Waals surface area contributed by atoms with Crippen LogP contribution in [0.5, 0.6) is 0 Å². The monoisotopic (exact) mass is 1670 g/mol. The van der Waals surface area contributed by atoms with Crippen LogP contribution in [0.1, 0.15) is 296 Å². The van der Waals surface area contributed by atoms with Crippen molar-refractivity contribution in [2.75, 3.05) is 43.9 Å². The fraction of sp³-hybridized carbons (Fsp3) is 0.636. The Morgan fingerprint density at radius 2 is 0.770 bits per heavy atom. The highest BCUT2D eigenvalue weighted by Crippen LogP contribution is 2.62. The lowest BCUT2D eigenvalue weighted by atomic mass is 9.89. The number of nitrogens with one attached hydrogen (secondary N) is 5. The highest BCUT2D eigenvalue weighted by molar-refractivity contribution is 6.11. The van der Waals surface area contributed by atoms with Crippen molar-refractivity contribution in [2.24, 2.45) is 45.8 Å². The molecule has 0 radical (unpaired) electrons. The van der Waals surface area contributed by atoms with E-state index in [1.807, 2.05) is 76.0 Å². The molecule has 658 valence electrons. The number of piperidine rings is 3. The van der Waals surface area contributed by atoms with E-state index in [1.54, 1.807) is 25.7 Å². The standard InChI is InChI=1S/C36H50N4O4.C33H45N3O4.C30H40N4O4/c1-4-31(42)30-17-36-18-32(36)40(30)34(44)21-39-20-29(24(3)41)28-16-27(37-19-25-11-6-5-7-12-25)15-26(35(28)39)13-9-8-10-23(2)14-33(43)38-22-36;1-6-28(38)27-15-33-16-29(33)36(27)31(40)18-35-17-26(22(5)37)25-14-23(11-20(2)3)13-24(32(25)35)10-8-7-9-21(4)12-30(39)34-19-33;1-5-25(36)24-13-30-14-26(30)34(24)28(38)16-33-15-23(19(3)35)22-12-21(31-4)11-20(29(22)33)9-7-6-8-18(2)10-27(37)32-17-30/h15-16,20,23,25,30,32,37H,4-14,17-19,21-22H2,1-3H3,(H,38,43);13-14,17,20-21,27,29H,6-12,15-16,18-19H2,1-5H3,(H,34,39);11-12,15,18,24,26,31H,5-10,13-14,16-17H2,1-4H3,(H,32,37)/t23-,30-,32+,36-;21-,27-,29+,33-;18-,24-,26+,30-/m000/s1. The Kier molecular flexibility index (Phi) is 27.2. The van der Waals surface area contributed by atoms with Gasteiger partial charge >= 0.3 is 0 Å². The average molecular weight is 1670 g/mol. The molecule has 23 nitrogen and oxygen atoms in total. The third kappa shape index (κ3) is 19.0. The molecule has 4 aliphatic carbocycles. The van der Waals surface area contributed by atoms with Crippen molar-refractivity contribution in [3.63, 3.8) is 0 Å². The topological polar surface area (TPSA) is 290 Å². The first-order valence-corrected chi connectivity index (χ1v) is 46.6. The van der Waals surface area contributed by atoms with E-state index in [1.165, 1.54) is 43.2 Å². The summed E-state index contributed by atoms with van der Waals surface area (Å²) in [6, 6.07) is 11.4. The second kappa shape index (κ2) is 37.3. The molecule has 7 fully saturated rings. The van der Waals surface area contributed by atoms with Gasteiger partial charge in [0.05, 0.1) is 34.7 Å². The van der Waals surface area contributed by atoms with E-state index in [2.05, 4.69) is 91.5 Å². The molecule has 4 saturated carbocycles. The summed E-state index contributed by atoms with van der Waals surface area (Å²) >= 11 is 0. The Labute approximate surface area is 720 Å². The van der Waals surface area contributed by atoms with Crippen molar-refractivity contribution >= 4 is 114 Å². The first-order chi connectivity index (χ1) is 58.4.